The Hall–Kier alpha value is -1.14. The minimum absolute atomic E-state index is 0.161. The second-order valence-electron chi connectivity index (χ2n) is 3.89. The highest BCUT2D eigenvalue weighted by Gasteiger charge is 2.11. The lowest BCUT2D eigenvalue weighted by atomic mass is 10.2. The summed E-state index contributed by atoms with van der Waals surface area (Å²) in [5.74, 6) is 1.68. The molecule has 0 heterocycles. The third kappa shape index (κ3) is 3.98. The van der Waals surface area contributed by atoms with Crippen LogP contribution in [0.1, 0.15) is 39.2 Å². The van der Waals surface area contributed by atoms with Gasteiger partial charge in [0.05, 0.1) is 6.10 Å². The summed E-state index contributed by atoms with van der Waals surface area (Å²) in [5.41, 5.74) is 0.669. The zero-order valence-corrected chi connectivity index (χ0v) is 11.5. The molecule has 1 aromatic carbocycles. The van der Waals surface area contributed by atoms with Crippen molar-refractivity contribution < 1.29 is 4.74 Å². The molecule has 0 aromatic heterocycles. The number of ether oxygens (including phenoxy) is 1. The van der Waals surface area contributed by atoms with Crippen molar-refractivity contribution in [3.05, 3.63) is 23.8 Å². The van der Waals surface area contributed by atoms with Crippen molar-refractivity contribution in [1.82, 2.24) is 0 Å². The largest absolute Gasteiger partial charge is 0.489 e. The molecule has 1 aromatic rings. The Labute approximate surface area is 108 Å². The Morgan fingerprint density at radius 1 is 1.41 bits per heavy atom. The molecule has 2 nitrogen and oxygen atoms in total. The van der Waals surface area contributed by atoms with Gasteiger partial charge in [-0.1, -0.05) is 26.3 Å². The molecule has 0 saturated heterocycles. The van der Waals surface area contributed by atoms with Gasteiger partial charge in [-0.3, -0.25) is 0 Å². The van der Waals surface area contributed by atoms with E-state index in [4.69, 9.17) is 4.74 Å². The number of nitriles is 1. The van der Waals surface area contributed by atoms with E-state index in [0.717, 1.165) is 23.5 Å². The SMILES string of the molecule is CCCC(C)Oc1cccc(SCC)c1C#N. The molecule has 1 unspecified atom stereocenters. The van der Waals surface area contributed by atoms with Crippen molar-refractivity contribution in [3.63, 3.8) is 0 Å². The smallest absolute Gasteiger partial charge is 0.138 e. The van der Waals surface area contributed by atoms with Gasteiger partial charge in [-0.05, 0) is 31.2 Å². The molecule has 0 amide bonds. The van der Waals surface area contributed by atoms with Gasteiger partial charge in [-0.15, -0.1) is 11.8 Å². The first kappa shape index (κ1) is 13.9. The van der Waals surface area contributed by atoms with Crippen LogP contribution >= 0.6 is 11.8 Å². The quantitative estimate of drug-likeness (QED) is 0.707. The van der Waals surface area contributed by atoms with Gasteiger partial charge in [0.15, 0.2) is 0 Å². The maximum absolute atomic E-state index is 9.23. The van der Waals surface area contributed by atoms with E-state index in [1.165, 1.54) is 0 Å². The van der Waals surface area contributed by atoms with E-state index in [1.54, 1.807) is 11.8 Å². The van der Waals surface area contributed by atoms with Gasteiger partial charge in [0.2, 0.25) is 0 Å². The molecule has 0 spiro atoms. The average Bonchev–Trinajstić information content (AvgIpc) is 2.30. The maximum atomic E-state index is 9.23. The molecule has 0 bridgehead atoms. The summed E-state index contributed by atoms with van der Waals surface area (Å²) < 4.78 is 5.83. The van der Waals surface area contributed by atoms with E-state index in [0.29, 0.717) is 11.3 Å². The monoisotopic (exact) mass is 249 g/mol. The van der Waals surface area contributed by atoms with Crippen LogP contribution in [0.2, 0.25) is 0 Å². The molecule has 0 fully saturated rings. The Bertz CT molecular complexity index is 398. The van der Waals surface area contributed by atoms with Gasteiger partial charge >= 0.3 is 0 Å². The molecule has 3 heteroatoms. The Kier molecular flexibility index (Phi) is 5.93. The zero-order valence-electron chi connectivity index (χ0n) is 10.7. The molecule has 0 radical (unpaired) electrons. The Morgan fingerprint density at radius 2 is 2.18 bits per heavy atom. The Balaban J connectivity index is 2.91. The molecule has 0 N–H and O–H groups in total. The average molecular weight is 249 g/mol. The van der Waals surface area contributed by atoms with Crippen molar-refractivity contribution in [2.75, 3.05) is 5.75 Å². The third-order valence-electron chi connectivity index (χ3n) is 2.42. The van der Waals surface area contributed by atoms with Crippen molar-refractivity contribution in [3.8, 4) is 11.8 Å². The van der Waals surface area contributed by atoms with Crippen LogP contribution in [0.3, 0.4) is 0 Å². The van der Waals surface area contributed by atoms with Crippen molar-refractivity contribution in [2.45, 2.75) is 44.6 Å². The van der Waals surface area contributed by atoms with Crippen LogP contribution in [0.5, 0.6) is 5.75 Å². The Morgan fingerprint density at radius 3 is 2.76 bits per heavy atom. The van der Waals surface area contributed by atoms with Crippen LogP contribution in [-0.2, 0) is 0 Å². The normalized spacial score (nSPS) is 11.9. The lowest BCUT2D eigenvalue weighted by Gasteiger charge is -2.16. The van der Waals surface area contributed by atoms with Crippen LogP contribution in [0.25, 0.3) is 0 Å². The highest BCUT2D eigenvalue weighted by atomic mass is 32.2. The number of hydrogen-bond donors (Lipinski definition) is 0. The summed E-state index contributed by atoms with van der Waals surface area (Å²) in [7, 11) is 0. The molecule has 1 rings (SSSR count). The molecule has 17 heavy (non-hydrogen) atoms. The predicted molar refractivity (Wildman–Crippen MR) is 72.6 cm³/mol. The van der Waals surface area contributed by atoms with E-state index in [2.05, 4.69) is 19.9 Å². The molecule has 92 valence electrons. The molecular weight excluding hydrogens is 230 g/mol. The first-order valence-corrected chi connectivity index (χ1v) is 7.04. The highest BCUT2D eigenvalue weighted by Crippen LogP contribution is 2.30. The second kappa shape index (κ2) is 7.24. The van der Waals surface area contributed by atoms with Crippen LogP contribution in [0, 0.1) is 11.3 Å². The summed E-state index contributed by atoms with van der Waals surface area (Å²) in [5, 5.41) is 9.23. The fourth-order valence-electron chi connectivity index (χ4n) is 1.68. The van der Waals surface area contributed by atoms with Gasteiger partial charge < -0.3 is 4.74 Å². The van der Waals surface area contributed by atoms with Crippen molar-refractivity contribution in [1.29, 1.82) is 5.26 Å². The van der Waals surface area contributed by atoms with E-state index in [9.17, 15) is 5.26 Å². The topological polar surface area (TPSA) is 33.0 Å². The van der Waals surface area contributed by atoms with Crippen LogP contribution < -0.4 is 4.74 Å². The summed E-state index contributed by atoms with van der Waals surface area (Å²) in [6.45, 7) is 6.26. The number of nitrogens with zero attached hydrogens (tertiary/aromatic N) is 1. The van der Waals surface area contributed by atoms with Crippen molar-refractivity contribution in [2.24, 2.45) is 0 Å². The number of benzene rings is 1. The first-order valence-electron chi connectivity index (χ1n) is 6.05. The minimum Gasteiger partial charge on any atom is -0.489 e. The fraction of sp³-hybridized carbons (Fsp3) is 0.500. The lowest BCUT2D eigenvalue weighted by Crippen LogP contribution is -2.12. The number of hydrogen-bond acceptors (Lipinski definition) is 3. The molecule has 0 aliphatic carbocycles. The van der Waals surface area contributed by atoms with E-state index in [1.807, 2.05) is 25.1 Å². The molecule has 1 atom stereocenters. The van der Waals surface area contributed by atoms with Crippen LogP contribution in [0.4, 0.5) is 0 Å². The summed E-state index contributed by atoms with van der Waals surface area (Å²) in [4.78, 5) is 1.01. The summed E-state index contributed by atoms with van der Waals surface area (Å²) >= 11 is 1.68. The predicted octanol–water partition coefficient (Wildman–Crippen LogP) is 4.24. The van der Waals surface area contributed by atoms with Gasteiger partial charge in [0.25, 0.3) is 0 Å². The minimum atomic E-state index is 0.161. The van der Waals surface area contributed by atoms with Crippen LogP contribution in [-0.4, -0.2) is 11.9 Å². The van der Waals surface area contributed by atoms with E-state index < -0.39 is 0 Å². The molecule has 0 saturated carbocycles. The van der Waals surface area contributed by atoms with Crippen molar-refractivity contribution >= 4 is 11.8 Å². The van der Waals surface area contributed by atoms with Gasteiger partial charge in [0.1, 0.15) is 17.4 Å². The third-order valence-corrected chi connectivity index (χ3v) is 3.36. The maximum Gasteiger partial charge on any atom is 0.138 e. The molecule has 0 aliphatic heterocycles. The number of thioether (sulfide) groups is 1. The summed E-state index contributed by atoms with van der Waals surface area (Å²) in [6.07, 6.45) is 2.26. The van der Waals surface area contributed by atoms with Gasteiger partial charge in [-0.25, -0.2) is 0 Å². The van der Waals surface area contributed by atoms with Gasteiger partial charge in [0, 0.05) is 4.90 Å². The standard InChI is InChI=1S/C14H19NOS/c1-4-7-11(3)16-13-8-6-9-14(17-5-2)12(13)10-15/h6,8-9,11H,4-5,7H2,1-3H3. The van der Waals surface area contributed by atoms with Gasteiger partial charge in [-0.2, -0.15) is 5.26 Å². The van der Waals surface area contributed by atoms with E-state index >= 15 is 0 Å². The lowest BCUT2D eigenvalue weighted by molar-refractivity contribution is 0.209. The first-order chi connectivity index (χ1) is 8.22. The zero-order chi connectivity index (χ0) is 12.7. The molecule has 0 aliphatic rings. The molecular formula is C14H19NOS. The fourth-order valence-corrected chi connectivity index (χ4v) is 2.45. The highest BCUT2D eigenvalue weighted by molar-refractivity contribution is 7.99. The van der Waals surface area contributed by atoms with E-state index in [-0.39, 0.29) is 6.10 Å². The van der Waals surface area contributed by atoms with Crippen LogP contribution in [0.15, 0.2) is 23.1 Å². The summed E-state index contributed by atoms with van der Waals surface area (Å²) in [6, 6.07) is 8.06. The second-order valence-corrected chi connectivity index (χ2v) is 5.20. The number of rotatable bonds is 6.